The molecule has 0 aliphatic heterocycles. The SMILES string of the molecule is Cc1c(NC(=O)c2cc(C(N)=O)nc3ccc(Br)cc23)c(C(C)(F)F)nn1Cc1ccc(OC(F)(F)F)cc1. The lowest BCUT2D eigenvalue weighted by molar-refractivity contribution is -0.274. The van der Waals surface area contributed by atoms with Gasteiger partial charge in [-0.15, -0.1) is 13.2 Å². The predicted molar refractivity (Wildman–Crippen MR) is 135 cm³/mol. The van der Waals surface area contributed by atoms with Gasteiger partial charge in [0.1, 0.15) is 11.4 Å². The van der Waals surface area contributed by atoms with Gasteiger partial charge in [-0.2, -0.15) is 13.9 Å². The summed E-state index contributed by atoms with van der Waals surface area (Å²) in [4.78, 5) is 29.3. The second-order valence-corrected chi connectivity index (χ2v) is 9.50. The van der Waals surface area contributed by atoms with Crippen LogP contribution in [-0.4, -0.2) is 32.9 Å². The van der Waals surface area contributed by atoms with Crippen LogP contribution in [0.5, 0.6) is 5.75 Å². The third kappa shape index (κ3) is 6.33. The summed E-state index contributed by atoms with van der Waals surface area (Å²) < 4.78 is 72.0. The second kappa shape index (κ2) is 10.2. The number of amides is 2. The van der Waals surface area contributed by atoms with Crippen molar-refractivity contribution < 1.29 is 36.3 Å². The Hall–Kier alpha value is -4.07. The van der Waals surface area contributed by atoms with Crippen molar-refractivity contribution in [2.45, 2.75) is 32.7 Å². The lowest BCUT2D eigenvalue weighted by atomic mass is 10.1. The van der Waals surface area contributed by atoms with E-state index in [9.17, 15) is 31.5 Å². The Kier molecular flexibility index (Phi) is 7.34. The molecule has 0 fully saturated rings. The van der Waals surface area contributed by atoms with E-state index in [4.69, 9.17) is 5.73 Å². The molecule has 39 heavy (non-hydrogen) atoms. The van der Waals surface area contributed by atoms with Crippen LogP contribution in [0, 0.1) is 6.92 Å². The molecule has 204 valence electrons. The summed E-state index contributed by atoms with van der Waals surface area (Å²) in [7, 11) is 0. The van der Waals surface area contributed by atoms with Gasteiger partial charge < -0.3 is 15.8 Å². The second-order valence-electron chi connectivity index (χ2n) is 8.58. The number of pyridine rings is 1. The van der Waals surface area contributed by atoms with Crippen molar-refractivity contribution in [3.8, 4) is 5.75 Å². The van der Waals surface area contributed by atoms with Gasteiger partial charge in [-0.25, -0.2) is 4.98 Å². The highest BCUT2D eigenvalue weighted by molar-refractivity contribution is 9.10. The normalized spacial score (nSPS) is 12.0. The van der Waals surface area contributed by atoms with E-state index in [1.807, 2.05) is 0 Å². The van der Waals surface area contributed by atoms with Crippen molar-refractivity contribution in [3.05, 3.63) is 81.2 Å². The fourth-order valence-corrected chi connectivity index (χ4v) is 4.18. The minimum Gasteiger partial charge on any atom is -0.406 e. The molecule has 2 heterocycles. The number of anilines is 1. The molecule has 2 aromatic heterocycles. The van der Waals surface area contributed by atoms with Gasteiger partial charge in [-0.05, 0) is 48.9 Å². The molecule has 0 atom stereocenters. The number of nitrogens with two attached hydrogens (primary N) is 1. The van der Waals surface area contributed by atoms with Crippen LogP contribution in [0.25, 0.3) is 10.9 Å². The Bertz CT molecular complexity index is 1580. The van der Waals surface area contributed by atoms with E-state index in [2.05, 4.69) is 36.1 Å². The Morgan fingerprint density at radius 3 is 2.33 bits per heavy atom. The fraction of sp³-hybridized carbons (Fsp3) is 0.200. The van der Waals surface area contributed by atoms with Crippen LogP contribution in [-0.2, 0) is 12.5 Å². The Morgan fingerprint density at radius 1 is 1.08 bits per heavy atom. The Balaban J connectivity index is 1.71. The van der Waals surface area contributed by atoms with Gasteiger partial charge >= 0.3 is 6.36 Å². The molecule has 0 saturated heterocycles. The van der Waals surface area contributed by atoms with Crippen molar-refractivity contribution in [1.29, 1.82) is 0 Å². The Labute approximate surface area is 226 Å². The minimum absolute atomic E-state index is 0.0344. The summed E-state index contributed by atoms with van der Waals surface area (Å²) in [6.45, 7) is 1.98. The number of nitrogens with one attached hydrogen (secondary N) is 1. The molecule has 3 N–H and O–H groups in total. The van der Waals surface area contributed by atoms with Crippen molar-refractivity contribution in [2.24, 2.45) is 5.73 Å². The number of fused-ring (bicyclic) bond motifs is 1. The van der Waals surface area contributed by atoms with Crippen molar-refractivity contribution in [1.82, 2.24) is 14.8 Å². The van der Waals surface area contributed by atoms with E-state index in [-0.39, 0.29) is 34.7 Å². The number of alkyl halides is 5. The third-order valence-electron chi connectivity index (χ3n) is 5.62. The number of benzene rings is 2. The maximum Gasteiger partial charge on any atom is 0.573 e. The molecule has 0 aliphatic rings. The average Bonchev–Trinajstić information content (AvgIpc) is 3.14. The van der Waals surface area contributed by atoms with Gasteiger partial charge in [-0.3, -0.25) is 14.3 Å². The van der Waals surface area contributed by atoms with Gasteiger partial charge in [0.2, 0.25) is 0 Å². The first-order valence-corrected chi connectivity index (χ1v) is 11.9. The number of halogens is 6. The van der Waals surface area contributed by atoms with Crippen LogP contribution in [0.4, 0.5) is 27.6 Å². The summed E-state index contributed by atoms with van der Waals surface area (Å²) in [5, 5.41) is 6.79. The number of rotatable bonds is 7. The molecule has 0 radical (unpaired) electrons. The van der Waals surface area contributed by atoms with Crippen molar-refractivity contribution in [2.75, 3.05) is 5.32 Å². The number of hydrogen-bond donors (Lipinski definition) is 2. The van der Waals surface area contributed by atoms with E-state index in [0.29, 0.717) is 22.3 Å². The van der Waals surface area contributed by atoms with Gasteiger partial charge in [-0.1, -0.05) is 28.1 Å². The standard InChI is InChI=1S/C25H19BrF5N5O3/c1-12-20(34-23(38)17-10-19(22(32)37)33-18-8-5-14(26)9-16(17)18)21(24(2,27)28)35-36(12)11-13-3-6-15(7-4-13)39-25(29,30)31/h3-10H,11H2,1-2H3,(H2,32,37)(H,34,38). The third-order valence-corrected chi connectivity index (χ3v) is 6.11. The van der Waals surface area contributed by atoms with E-state index in [1.165, 1.54) is 29.8 Å². The molecule has 2 aromatic carbocycles. The minimum atomic E-state index is -4.86. The monoisotopic (exact) mass is 611 g/mol. The van der Waals surface area contributed by atoms with E-state index in [1.54, 1.807) is 18.2 Å². The molecule has 14 heteroatoms. The number of ether oxygens (including phenoxy) is 1. The maximum absolute atomic E-state index is 14.6. The number of hydrogen-bond acceptors (Lipinski definition) is 5. The zero-order valence-corrected chi connectivity index (χ0v) is 21.8. The van der Waals surface area contributed by atoms with Gasteiger partial charge in [0, 0.05) is 16.8 Å². The van der Waals surface area contributed by atoms with Crippen LogP contribution < -0.4 is 15.8 Å². The number of nitrogens with zero attached hydrogens (tertiary/aromatic N) is 3. The van der Waals surface area contributed by atoms with Crippen LogP contribution in [0.2, 0.25) is 0 Å². The first-order chi connectivity index (χ1) is 18.1. The number of aromatic nitrogens is 3. The number of carbonyl (C=O) groups excluding carboxylic acids is 2. The topological polar surface area (TPSA) is 112 Å². The van der Waals surface area contributed by atoms with Crippen molar-refractivity contribution in [3.63, 3.8) is 0 Å². The number of carbonyl (C=O) groups is 2. The summed E-state index contributed by atoms with van der Waals surface area (Å²) in [6.07, 6.45) is -4.86. The van der Waals surface area contributed by atoms with Gasteiger partial charge in [0.15, 0.2) is 5.69 Å². The molecule has 0 unspecified atom stereocenters. The average molecular weight is 612 g/mol. The highest BCUT2D eigenvalue weighted by atomic mass is 79.9. The molecule has 0 saturated carbocycles. The molecule has 0 aliphatic carbocycles. The molecule has 2 amide bonds. The molecule has 8 nitrogen and oxygen atoms in total. The summed E-state index contributed by atoms with van der Waals surface area (Å²) in [6, 6.07) is 10.8. The maximum atomic E-state index is 14.6. The number of primary amides is 1. The molecule has 0 spiro atoms. The quantitative estimate of drug-likeness (QED) is 0.252. The van der Waals surface area contributed by atoms with Crippen LogP contribution in [0.3, 0.4) is 0 Å². The van der Waals surface area contributed by atoms with Gasteiger partial charge in [0.05, 0.1) is 29.0 Å². The first-order valence-electron chi connectivity index (χ1n) is 11.1. The summed E-state index contributed by atoms with van der Waals surface area (Å²) in [5.41, 5.74) is 5.03. The highest BCUT2D eigenvalue weighted by Crippen LogP contribution is 2.35. The Morgan fingerprint density at radius 2 is 1.74 bits per heavy atom. The largest absolute Gasteiger partial charge is 0.573 e. The van der Waals surface area contributed by atoms with Crippen molar-refractivity contribution >= 4 is 44.3 Å². The lowest BCUT2D eigenvalue weighted by Gasteiger charge is -2.13. The summed E-state index contributed by atoms with van der Waals surface area (Å²) in [5.74, 6) is -5.61. The molecule has 4 rings (SSSR count). The highest BCUT2D eigenvalue weighted by Gasteiger charge is 2.35. The lowest BCUT2D eigenvalue weighted by Crippen LogP contribution is -2.19. The van der Waals surface area contributed by atoms with E-state index in [0.717, 1.165) is 12.1 Å². The molecule has 0 bridgehead atoms. The molecule has 4 aromatic rings. The van der Waals surface area contributed by atoms with Crippen LogP contribution in [0.1, 0.15) is 44.7 Å². The van der Waals surface area contributed by atoms with Crippen LogP contribution >= 0.6 is 15.9 Å². The van der Waals surface area contributed by atoms with Gasteiger partial charge in [0.25, 0.3) is 17.7 Å². The zero-order chi connectivity index (χ0) is 28.7. The van der Waals surface area contributed by atoms with E-state index < -0.39 is 35.5 Å². The molecular formula is C25H19BrF5N5O3. The predicted octanol–water partition coefficient (Wildman–Crippen LogP) is 5.91. The smallest absolute Gasteiger partial charge is 0.406 e. The first kappa shape index (κ1) is 28.0. The molecular weight excluding hydrogens is 593 g/mol. The van der Waals surface area contributed by atoms with Crippen LogP contribution in [0.15, 0.2) is 53.0 Å². The fourth-order valence-electron chi connectivity index (χ4n) is 3.82. The zero-order valence-electron chi connectivity index (χ0n) is 20.2. The van der Waals surface area contributed by atoms with E-state index >= 15 is 0 Å². The summed E-state index contributed by atoms with van der Waals surface area (Å²) >= 11 is 3.31.